The molecular formula is C17H21NO2. The van der Waals surface area contributed by atoms with E-state index in [1.54, 1.807) is 0 Å². The molecule has 0 saturated heterocycles. The number of rotatable bonds is 4. The fraction of sp³-hybridized carbons (Fsp3) is 0.412. The fourth-order valence-electron chi connectivity index (χ4n) is 2.81. The minimum atomic E-state index is 0.185. The second-order valence-electron chi connectivity index (χ2n) is 5.30. The SMILES string of the molecule is CCNC(c1coc(C)c1)c1ccc2c(c1)CCCO2. The minimum Gasteiger partial charge on any atom is -0.493 e. The van der Waals surface area contributed by atoms with E-state index in [4.69, 9.17) is 9.15 Å². The highest BCUT2D eigenvalue weighted by atomic mass is 16.5. The van der Waals surface area contributed by atoms with Gasteiger partial charge in [-0.15, -0.1) is 0 Å². The lowest BCUT2D eigenvalue weighted by Gasteiger charge is -2.22. The minimum absolute atomic E-state index is 0.185. The van der Waals surface area contributed by atoms with E-state index in [2.05, 4.69) is 36.5 Å². The van der Waals surface area contributed by atoms with Crippen LogP contribution in [0.2, 0.25) is 0 Å². The zero-order valence-electron chi connectivity index (χ0n) is 12.1. The molecule has 1 aromatic carbocycles. The maximum absolute atomic E-state index is 5.69. The van der Waals surface area contributed by atoms with Crippen molar-refractivity contribution in [2.75, 3.05) is 13.2 Å². The summed E-state index contributed by atoms with van der Waals surface area (Å²) in [6, 6.07) is 8.80. The van der Waals surface area contributed by atoms with E-state index in [0.717, 1.165) is 37.5 Å². The Morgan fingerprint density at radius 1 is 1.25 bits per heavy atom. The summed E-state index contributed by atoms with van der Waals surface area (Å²) in [5.41, 5.74) is 3.77. The van der Waals surface area contributed by atoms with Crippen LogP contribution < -0.4 is 10.1 Å². The van der Waals surface area contributed by atoms with Crippen molar-refractivity contribution in [3.63, 3.8) is 0 Å². The summed E-state index contributed by atoms with van der Waals surface area (Å²) >= 11 is 0. The van der Waals surface area contributed by atoms with Crippen molar-refractivity contribution in [3.05, 3.63) is 53.0 Å². The number of hydrogen-bond acceptors (Lipinski definition) is 3. The Morgan fingerprint density at radius 3 is 2.90 bits per heavy atom. The topological polar surface area (TPSA) is 34.4 Å². The smallest absolute Gasteiger partial charge is 0.122 e. The maximum Gasteiger partial charge on any atom is 0.122 e. The lowest BCUT2D eigenvalue weighted by molar-refractivity contribution is 0.288. The van der Waals surface area contributed by atoms with Gasteiger partial charge in [-0.2, -0.15) is 0 Å². The Labute approximate surface area is 119 Å². The largest absolute Gasteiger partial charge is 0.493 e. The van der Waals surface area contributed by atoms with Gasteiger partial charge in [-0.1, -0.05) is 19.1 Å². The van der Waals surface area contributed by atoms with Crippen LogP contribution in [0.3, 0.4) is 0 Å². The molecule has 0 bridgehead atoms. The van der Waals surface area contributed by atoms with Crippen LogP contribution in [0.5, 0.6) is 5.75 Å². The van der Waals surface area contributed by atoms with E-state index in [9.17, 15) is 0 Å². The van der Waals surface area contributed by atoms with E-state index in [-0.39, 0.29) is 6.04 Å². The summed E-state index contributed by atoms with van der Waals surface area (Å²) in [5.74, 6) is 1.99. The van der Waals surface area contributed by atoms with Crippen molar-refractivity contribution in [1.82, 2.24) is 5.32 Å². The predicted molar refractivity (Wildman–Crippen MR) is 79.2 cm³/mol. The average molecular weight is 271 g/mol. The third-order valence-electron chi connectivity index (χ3n) is 3.76. The number of hydrogen-bond donors (Lipinski definition) is 1. The summed E-state index contributed by atoms with van der Waals surface area (Å²) in [4.78, 5) is 0. The molecule has 3 heteroatoms. The van der Waals surface area contributed by atoms with Crippen LogP contribution >= 0.6 is 0 Å². The van der Waals surface area contributed by atoms with Crippen LogP contribution in [-0.2, 0) is 6.42 Å². The number of aryl methyl sites for hydroxylation is 2. The Morgan fingerprint density at radius 2 is 2.15 bits per heavy atom. The number of furan rings is 1. The highest BCUT2D eigenvalue weighted by Gasteiger charge is 2.18. The van der Waals surface area contributed by atoms with Gasteiger partial charge in [0.1, 0.15) is 11.5 Å². The third kappa shape index (κ3) is 2.59. The van der Waals surface area contributed by atoms with E-state index < -0.39 is 0 Å². The van der Waals surface area contributed by atoms with Gasteiger partial charge < -0.3 is 14.5 Å². The molecule has 0 amide bonds. The Balaban J connectivity index is 1.95. The molecule has 2 heterocycles. The Bertz CT molecular complexity index is 588. The van der Waals surface area contributed by atoms with Crippen molar-refractivity contribution in [2.24, 2.45) is 0 Å². The molecule has 1 aliphatic rings. The molecule has 20 heavy (non-hydrogen) atoms. The van der Waals surface area contributed by atoms with Crippen LogP contribution in [0.1, 0.15) is 41.8 Å². The quantitative estimate of drug-likeness (QED) is 0.922. The van der Waals surface area contributed by atoms with Gasteiger partial charge >= 0.3 is 0 Å². The van der Waals surface area contributed by atoms with E-state index in [1.165, 1.54) is 16.7 Å². The van der Waals surface area contributed by atoms with Crippen LogP contribution in [0.25, 0.3) is 0 Å². The van der Waals surface area contributed by atoms with Crippen LogP contribution in [0, 0.1) is 6.92 Å². The predicted octanol–water partition coefficient (Wildman–Crippen LogP) is 3.61. The van der Waals surface area contributed by atoms with Crippen molar-refractivity contribution in [1.29, 1.82) is 0 Å². The van der Waals surface area contributed by atoms with Gasteiger partial charge in [0.15, 0.2) is 0 Å². The average Bonchev–Trinajstić information content (AvgIpc) is 2.90. The van der Waals surface area contributed by atoms with Gasteiger partial charge in [-0.3, -0.25) is 0 Å². The summed E-state index contributed by atoms with van der Waals surface area (Å²) in [5, 5.41) is 3.53. The lowest BCUT2D eigenvalue weighted by atomic mass is 9.96. The van der Waals surface area contributed by atoms with Gasteiger partial charge in [0.05, 0.1) is 18.9 Å². The lowest BCUT2D eigenvalue weighted by Crippen LogP contribution is -2.22. The first kappa shape index (κ1) is 13.3. The number of fused-ring (bicyclic) bond motifs is 1. The first-order valence-electron chi connectivity index (χ1n) is 7.32. The molecule has 1 atom stereocenters. The van der Waals surface area contributed by atoms with Crippen molar-refractivity contribution in [2.45, 2.75) is 32.7 Å². The van der Waals surface area contributed by atoms with Crippen molar-refractivity contribution >= 4 is 0 Å². The zero-order chi connectivity index (χ0) is 13.9. The molecule has 0 spiro atoms. The zero-order valence-corrected chi connectivity index (χ0v) is 12.1. The summed E-state index contributed by atoms with van der Waals surface area (Å²) in [7, 11) is 0. The van der Waals surface area contributed by atoms with Gasteiger partial charge in [-0.25, -0.2) is 0 Å². The molecule has 3 rings (SSSR count). The molecule has 0 fully saturated rings. The molecule has 0 saturated carbocycles. The summed E-state index contributed by atoms with van der Waals surface area (Å²) in [6.45, 7) is 5.86. The van der Waals surface area contributed by atoms with Crippen molar-refractivity contribution < 1.29 is 9.15 Å². The highest BCUT2D eigenvalue weighted by molar-refractivity contribution is 5.42. The molecule has 3 nitrogen and oxygen atoms in total. The first-order chi connectivity index (χ1) is 9.78. The van der Waals surface area contributed by atoms with Crippen LogP contribution in [0.15, 0.2) is 34.9 Å². The standard InChI is InChI=1S/C17H21NO2/c1-3-18-17(15-9-12(2)20-11-15)14-6-7-16-13(10-14)5-4-8-19-16/h6-7,9-11,17-18H,3-5,8H2,1-2H3. The molecule has 1 aromatic heterocycles. The van der Waals surface area contributed by atoms with Gasteiger partial charge in [0.25, 0.3) is 0 Å². The van der Waals surface area contributed by atoms with E-state index in [1.807, 2.05) is 13.2 Å². The molecule has 1 unspecified atom stereocenters. The van der Waals surface area contributed by atoms with Crippen molar-refractivity contribution in [3.8, 4) is 5.75 Å². The molecule has 106 valence electrons. The van der Waals surface area contributed by atoms with E-state index in [0.29, 0.717) is 0 Å². The second-order valence-corrected chi connectivity index (χ2v) is 5.30. The summed E-state index contributed by atoms with van der Waals surface area (Å²) < 4.78 is 11.2. The molecule has 0 aliphatic carbocycles. The Kier molecular flexibility index (Phi) is 3.79. The monoisotopic (exact) mass is 271 g/mol. The maximum atomic E-state index is 5.69. The highest BCUT2D eigenvalue weighted by Crippen LogP contribution is 2.30. The summed E-state index contributed by atoms with van der Waals surface area (Å²) in [6.07, 6.45) is 4.05. The van der Waals surface area contributed by atoms with Gasteiger partial charge in [0, 0.05) is 5.56 Å². The second kappa shape index (κ2) is 5.71. The fourth-order valence-corrected chi connectivity index (χ4v) is 2.81. The molecule has 1 aliphatic heterocycles. The molecule has 0 radical (unpaired) electrons. The number of ether oxygens (including phenoxy) is 1. The van der Waals surface area contributed by atoms with E-state index >= 15 is 0 Å². The van der Waals surface area contributed by atoms with Crippen LogP contribution in [0.4, 0.5) is 0 Å². The third-order valence-corrected chi connectivity index (χ3v) is 3.76. The molecule has 1 N–H and O–H groups in total. The van der Waals surface area contributed by atoms with Gasteiger partial charge in [-0.05, 0) is 49.6 Å². The molecule has 2 aromatic rings. The normalized spacial score (nSPS) is 15.5. The van der Waals surface area contributed by atoms with Crippen LogP contribution in [-0.4, -0.2) is 13.2 Å². The number of nitrogens with one attached hydrogen (secondary N) is 1. The number of benzene rings is 1. The van der Waals surface area contributed by atoms with Gasteiger partial charge in [0.2, 0.25) is 0 Å². The first-order valence-corrected chi connectivity index (χ1v) is 7.32. The Hall–Kier alpha value is -1.74. The molecular weight excluding hydrogens is 250 g/mol.